The molecule has 0 radical (unpaired) electrons. The molecule has 1 fully saturated rings. The van der Waals surface area contributed by atoms with Crippen LogP contribution in [-0.2, 0) is 13.5 Å². The molecule has 0 aliphatic carbocycles. The van der Waals surface area contributed by atoms with Gasteiger partial charge in [-0.05, 0) is 18.5 Å². The molecule has 0 amide bonds. The predicted molar refractivity (Wildman–Crippen MR) is 77.9 cm³/mol. The second kappa shape index (κ2) is 6.71. The predicted octanol–water partition coefficient (Wildman–Crippen LogP) is 1.79. The number of nitrogens with zero attached hydrogens (tertiary/aromatic N) is 2. The average Bonchev–Trinajstić information content (AvgIpc) is 2.75. The minimum Gasteiger partial charge on any atom is -0.313 e. The number of nitrogens with one attached hydrogen (secondary N) is 1. The van der Waals surface area contributed by atoms with Crippen molar-refractivity contribution in [2.75, 3.05) is 23.8 Å². The van der Waals surface area contributed by atoms with Crippen LogP contribution in [0.3, 0.4) is 0 Å². The molecule has 2 unspecified atom stereocenters. The first kappa shape index (κ1) is 13.3. The third kappa shape index (κ3) is 3.93. The summed E-state index contributed by atoms with van der Waals surface area (Å²) in [6.07, 6.45) is 5.22. The highest BCUT2D eigenvalue weighted by Gasteiger charge is 2.24. The van der Waals surface area contributed by atoms with Crippen LogP contribution < -0.4 is 5.32 Å². The highest BCUT2D eigenvalue weighted by atomic mass is 32.2. The van der Waals surface area contributed by atoms with Crippen LogP contribution in [0.1, 0.15) is 12.5 Å². The molecule has 5 heteroatoms. The van der Waals surface area contributed by atoms with E-state index >= 15 is 0 Å². The van der Waals surface area contributed by atoms with Crippen LogP contribution in [0, 0.1) is 0 Å². The zero-order valence-electron chi connectivity index (χ0n) is 10.6. The summed E-state index contributed by atoms with van der Waals surface area (Å²) in [4.78, 5) is 0. The van der Waals surface area contributed by atoms with Crippen molar-refractivity contribution in [2.45, 2.75) is 24.6 Å². The maximum absolute atomic E-state index is 4.25. The van der Waals surface area contributed by atoms with E-state index in [2.05, 4.69) is 47.1 Å². The van der Waals surface area contributed by atoms with Crippen molar-refractivity contribution >= 4 is 23.5 Å². The molecule has 17 heavy (non-hydrogen) atoms. The van der Waals surface area contributed by atoms with E-state index in [-0.39, 0.29) is 0 Å². The van der Waals surface area contributed by atoms with Gasteiger partial charge in [0, 0.05) is 41.8 Å². The molecule has 2 heterocycles. The molecule has 2 atom stereocenters. The molecule has 1 N–H and O–H groups in total. The van der Waals surface area contributed by atoms with Gasteiger partial charge in [0.2, 0.25) is 0 Å². The second-order valence-electron chi connectivity index (χ2n) is 4.37. The highest BCUT2D eigenvalue weighted by molar-refractivity contribution is 8.06. The Hall–Kier alpha value is -0.130. The Morgan fingerprint density at radius 1 is 1.59 bits per heavy atom. The Morgan fingerprint density at radius 3 is 3.06 bits per heavy atom. The topological polar surface area (TPSA) is 29.9 Å². The zero-order chi connectivity index (χ0) is 12.1. The molecule has 1 aliphatic rings. The van der Waals surface area contributed by atoms with Gasteiger partial charge in [0.05, 0.1) is 6.20 Å². The van der Waals surface area contributed by atoms with Crippen LogP contribution in [0.2, 0.25) is 0 Å². The smallest absolute Gasteiger partial charge is 0.0522 e. The normalized spacial score (nSPS) is 22.6. The molecular formula is C12H21N3S2. The lowest BCUT2D eigenvalue weighted by Gasteiger charge is -2.29. The van der Waals surface area contributed by atoms with Gasteiger partial charge in [-0.25, -0.2) is 0 Å². The first-order valence-corrected chi connectivity index (χ1v) is 8.40. The maximum Gasteiger partial charge on any atom is 0.0522 e. The molecule has 2 rings (SSSR count). The average molecular weight is 271 g/mol. The Balaban J connectivity index is 1.95. The van der Waals surface area contributed by atoms with Crippen LogP contribution >= 0.6 is 23.5 Å². The molecule has 1 aromatic rings. The fraction of sp³-hybridized carbons (Fsp3) is 0.750. The second-order valence-corrected chi connectivity index (χ2v) is 6.87. The SMILES string of the molecule is CCNC(Cc1cnn(C)c1)C1CSCCS1. The van der Waals surface area contributed by atoms with Crippen molar-refractivity contribution in [1.29, 1.82) is 0 Å². The fourth-order valence-electron chi connectivity index (χ4n) is 2.17. The van der Waals surface area contributed by atoms with Gasteiger partial charge in [-0.15, -0.1) is 0 Å². The molecular weight excluding hydrogens is 250 g/mol. The summed E-state index contributed by atoms with van der Waals surface area (Å²) in [5, 5.41) is 8.64. The molecule has 3 nitrogen and oxygen atoms in total. The molecule has 1 saturated heterocycles. The lowest BCUT2D eigenvalue weighted by molar-refractivity contribution is 0.522. The molecule has 0 aromatic carbocycles. The standard InChI is InChI=1S/C12H21N3S2/c1-3-13-11(12-9-16-4-5-17-12)6-10-7-14-15(2)8-10/h7-8,11-13H,3-6,9H2,1-2H3. The summed E-state index contributed by atoms with van der Waals surface area (Å²) < 4.78 is 1.89. The first-order valence-electron chi connectivity index (χ1n) is 6.20. The van der Waals surface area contributed by atoms with Crippen LogP contribution in [0.15, 0.2) is 12.4 Å². The van der Waals surface area contributed by atoms with Gasteiger partial charge in [0.1, 0.15) is 0 Å². The van der Waals surface area contributed by atoms with Crippen molar-refractivity contribution in [3.8, 4) is 0 Å². The van der Waals surface area contributed by atoms with E-state index in [0.29, 0.717) is 6.04 Å². The third-order valence-corrected chi connectivity index (χ3v) is 5.89. The van der Waals surface area contributed by atoms with Crippen LogP contribution in [0.25, 0.3) is 0 Å². The Kier molecular flexibility index (Phi) is 5.25. The van der Waals surface area contributed by atoms with Crippen molar-refractivity contribution < 1.29 is 0 Å². The van der Waals surface area contributed by atoms with Crippen molar-refractivity contribution in [3.05, 3.63) is 18.0 Å². The van der Waals surface area contributed by atoms with Crippen LogP contribution in [0.4, 0.5) is 0 Å². The van der Waals surface area contributed by atoms with E-state index in [1.165, 1.54) is 22.8 Å². The number of thioether (sulfide) groups is 2. The first-order chi connectivity index (χ1) is 8.29. The quantitative estimate of drug-likeness (QED) is 0.884. The zero-order valence-corrected chi connectivity index (χ0v) is 12.2. The van der Waals surface area contributed by atoms with Gasteiger partial charge in [-0.2, -0.15) is 28.6 Å². The van der Waals surface area contributed by atoms with Gasteiger partial charge < -0.3 is 5.32 Å². The van der Waals surface area contributed by atoms with Crippen molar-refractivity contribution in [2.24, 2.45) is 7.05 Å². The maximum atomic E-state index is 4.25. The van der Waals surface area contributed by atoms with E-state index in [4.69, 9.17) is 0 Å². The minimum absolute atomic E-state index is 0.585. The Labute approximate surface area is 112 Å². The van der Waals surface area contributed by atoms with Gasteiger partial charge in [0.25, 0.3) is 0 Å². The van der Waals surface area contributed by atoms with Crippen molar-refractivity contribution in [3.63, 3.8) is 0 Å². The molecule has 0 bridgehead atoms. The lowest BCUT2D eigenvalue weighted by Crippen LogP contribution is -2.42. The van der Waals surface area contributed by atoms with E-state index in [1.807, 2.05) is 17.9 Å². The van der Waals surface area contributed by atoms with Gasteiger partial charge >= 0.3 is 0 Å². The van der Waals surface area contributed by atoms with E-state index in [0.717, 1.165) is 18.2 Å². The van der Waals surface area contributed by atoms with Crippen LogP contribution in [-0.4, -0.2) is 44.9 Å². The molecule has 96 valence electrons. The molecule has 0 saturated carbocycles. The summed E-state index contributed by atoms with van der Waals surface area (Å²) in [5.41, 5.74) is 1.34. The summed E-state index contributed by atoms with van der Waals surface area (Å²) in [7, 11) is 1.98. The van der Waals surface area contributed by atoms with E-state index < -0.39 is 0 Å². The molecule has 0 spiro atoms. The third-order valence-electron chi connectivity index (χ3n) is 2.97. The molecule has 1 aromatic heterocycles. The number of aryl methyl sites for hydroxylation is 1. The Bertz CT molecular complexity index is 334. The van der Waals surface area contributed by atoms with Gasteiger partial charge in [-0.3, -0.25) is 4.68 Å². The monoisotopic (exact) mass is 271 g/mol. The van der Waals surface area contributed by atoms with Crippen LogP contribution in [0.5, 0.6) is 0 Å². The molecule has 1 aliphatic heterocycles. The summed E-state index contributed by atoms with van der Waals surface area (Å²) >= 11 is 4.22. The van der Waals surface area contributed by atoms with E-state index in [1.54, 1.807) is 0 Å². The van der Waals surface area contributed by atoms with E-state index in [9.17, 15) is 0 Å². The minimum atomic E-state index is 0.585. The number of aromatic nitrogens is 2. The number of hydrogen-bond donors (Lipinski definition) is 1. The number of hydrogen-bond acceptors (Lipinski definition) is 4. The Morgan fingerprint density at radius 2 is 2.47 bits per heavy atom. The number of rotatable bonds is 5. The van der Waals surface area contributed by atoms with Gasteiger partial charge in [0.15, 0.2) is 0 Å². The highest BCUT2D eigenvalue weighted by Crippen LogP contribution is 2.27. The lowest BCUT2D eigenvalue weighted by atomic mass is 10.1. The summed E-state index contributed by atoms with van der Waals surface area (Å²) in [5.74, 6) is 3.89. The fourth-order valence-corrected chi connectivity index (χ4v) is 5.06. The van der Waals surface area contributed by atoms with Gasteiger partial charge in [-0.1, -0.05) is 6.92 Å². The number of likely N-dealkylation sites (N-methyl/N-ethyl adjacent to an activating group) is 1. The summed E-state index contributed by atoms with van der Waals surface area (Å²) in [6.45, 7) is 3.24. The largest absolute Gasteiger partial charge is 0.313 e. The summed E-state index contributed by atoms with van der Waals surface area (Å²) in [6, 6.07) is 0.585. The van der Waals surface area contributed by atoms with Crippen molar-refractivity contribution in [1.82, 2.24) is 15.1 Å².